The van der Waals surface area contributed by atoms with Crippen molar-refractivity contribution in [1.29, 1.82) is 0 Å². The zero-order valence-corrected chi connectivity index (χ0v) is 8.16. The molecule has 1 rings (SSSR count). The molecule has 0 nitrogen and oxygen atoms in total. The van der Waals surface area contributed by atoms with Crippen LogP contribution in [0.5, 0.6) is 0 Å². The first-order valence-corrected chi connectivity index (χ1v) is 4.68. The van der Waals surface area contributed by atoms with E-state index in [9.17, 15) is 0 Å². The highest BCUT2D eigenvalue weighted by Crippen LogP contribution is 2.27. The lowest BCUT2D eigenvalue weighted by atomic mass is 10.2. The van der Waals surface area contributed by atoms with E-state index in [-0.39, 0.29) is 0 Å². The monoisotopic (exact) mass is 166 g/mol. The highest BCUT2D eigenvalue weighted by atomic mass is 32.1. The fourth-order valence-electron chi connectivity index (χ4n) is 0.893. The van der Waals surface area contributed by atoms with Gasteiger partial charge in [-0.05, 0) is 30.5 Å². The Hall–Kier alpha value is -0.560. The summed E-state index contributed by atoms with van der Waals surface area (Å²) in [5.41, 5.74) is 1.17. The molecule has 0 saturated heterocycles. The van der Waals surface area contributed by atoms with E-state index in [1.807, 2.05) is 11.3 Å². The molecular weight excluding hydrogens is 152 g/mol. The van der Waals surface area contributed by atoms with Gasteiger partial charge in [0.15, 0.2) is 0 Å². The molecule has 0 radical (unpaired) electrons. The van der Waals surface area contributed by atoms with E-state index in [1.54, 1.807) is 0 Å². The van der Waals surface area contributed by atoms with Crippen molar-refractivity contribution in [1.82, 2.24) is 0 Å². The number of rotatable bonds is 2. The molecule has 0 fully saturated rings. The molecule has 1 aromatic rings. The second-order valence-electron chi connectivity index (χ2n) is 3.14. The van der Waals surface area contributed by atoms with Crippen molar-refractivity contribution in [3.63, 3.8) is 0 Å². The molecule has 1 heterocycles. The molecule has 0 N–H and O–H groups in total. The molecule has 1 heteroatoms. The molecule has 11 heavy (non-hydrogen) atoms. The molecule has 0 bridgehead atoms. The van der Waals surface area contributed by atoms with Crippen molar-refractivity contribution >= 4 is 16.9 Å². The summed E-state index contributed by atoms with van der Waals surface area (Å²) in [6.45, 7) is 10.4. The second kappa shape index (κ2) is 3.22. The van der Waals surface area contributed by atoms with E-state index in [0.29, 0.717) is 5.92 Å². The Kier molecular flexibility index (Phi) is 2.50. The van der Waals surface area contributed by atoms with Gasteiger partial charge in [-0.3, -0.25) is 0 Å². The van der Waals surface area contributed by atoms with Gasteiger partial charge in [0.2, 0.25) is 0 Å². The van der Waals surface area contributed by atoms with Crippen LogP contribution in [-0.2, 0) is 0 Å². The van der Waals surface area contributed by atoms with Crippen LogP contribution in [-0.4, -0.2) is 0 Å². The number of hydrogen-bond donors (Lipinski definition) is 0. The topological polar surface area (TPSA) is 0 Å². The lowest BCUT2D eigenvalue weighted by Crippen LogP contribution is -1.77. The van der Waals surface area contributed by atoms with Gasteiger partial charge >= 0.3 is 0 Å². The molecule has 0 atom stereocenters. The summed E-state index contributed by atoms with van der Waals surface area (Å²) in [4.78, 5) is 2.76. The fourth-order valence-corrected chi connectivity index (χ4v) is 1.83. The van der Waals surface area contributed by atoms with Crippen LogP contribution in [0.15, 0.2) is 18.7 Å². The van der Waals surface area contributed by atoms with Gasteiger partial charge in [0, 0.05) is 9.75 Å². The standard InChI is InChI=1S/C10H14S/c1-7(2)9-5-6-10(11-9)8(3)4/h5-6,8H,1H2,2-4H3. The first-order valence-electron chi connectivity index (χ1n) is 3.87. The van der Waals surface area contributed by atoms with E-state index < -0.39 is 0 Å². The predicted octanol–water partition coefficient (Wildman–Crippen LogP) is 3.90. The third kappa shape index (κ3) is 1.93. The quantitative estimate of drug-likeness (QED) is 0.625. The Morgan fingerprint density at radius 2 is 2.09 bits per heavy atom. The van der Waals surface area contributed by atoms with Crippen molar-refractivity contribution < 1.29 is 0 Å². The van der Waals surface area contributed by atoms with Gasteiger partial charge in [-0.15, -0.1) is 11.3 Å². The predicted molar refractivity (Wildman–Crippen MR) is 53.1 cm³/mol. The SMILES string of the molecule is C=C(C)c1ccc(C(C)C)s1. The lowest BCUT2D eigenvalue weighted by molar-refractivity contribution is 0.890. The van der Waals surface area contributed by atoms with Crippen molar-refractivity contribution in [3.05, 3.63) is 28.5 Å². The number of hydrogen-bond acceptors (Lipinski definition) is 1. The molecule has 0 saturated carbocycles. The van der Waals surface area contributed by atoms with Gasteiger partial charge < -0.3 is 0 Å². The average Bonchev–Trinajstić information content (AvgIpc) is 2.33. The maximum absolute atomic E-state index is 3.91. The van der Waals surface area contributed by atoms with Crippen LogP contribution in [0.1, 0.15) is 36.4 Å². The molecule has 0 aliphatic carbocycles. The van der Waals surface area contributed by atoms with Gasteiger partial charge in [0.1, 0.15) is 0 Å². The average molecular weight is 166 g/mol. The van der Waals surface area contributed by atoms with E-state index in [1.165, 1.54) is 15.3 Å². The normalized spacial score (nSPS) is 10.5. The third-order valence-electron chi connectivity index (χ3n) is 1.62. The molecule has 0 aliphatic rings. The van der Waals surface area contributed by atoms with Crippen LogP contribution in [0.25, 0.3) is 5.57 Å². The third-order valence-corrected chi connectivity index (χ3v) is 3.16. The zero-order valence-electron chi connectivity index (χ0n) is 7.35. The van der Waals surface area contributed by atoms with Gasteiger partial charge in [0.25, 0.3) is 0 Å². The Balaban J connectivity index is 2.90. The summed E-state index contributed by atoms with van der Waals surface area (Å²) in [5, 5.41) is 0. The first kappa shape index (κ1) is 8.54. The Morgan fingerprint density at radius 1 is 1.45 bits per heavy atom. The van der Waals surface area contributed by atoms with Crippen molar-refractivity contribution in [2.45, 2.75) is 26.7 Å². The van der Waals surface area contributed by atoms with Crippen molar-refractivity contribution in [3.8, 4) is 0 Å². The summed E-state index contributed by atoms with van der Waals surface area (Å²) in [6, 6.07) is 4.35. The fraction of sp³-hybridized carbons (Fsp3) is 0.400. The number of allylic oxidation sites excluding steroid dienone is 1. The van der Waals surface area contributed by atoms with Gasteiger partial charge in [0.05, 0.1) is 0 Å². The summed E-state index contributed by atoms with van der Waals surface area (Å²) in [7, 11) is 0. The van der Waals surface area contributed by atoms with Crippen LogP contribution in [0.2, 0.25) is 0 Å². The van der Waals surface area contributed by atoms with Gasteiger partial charge in [-0.1, -0.05) is 20.4 Å². The molecule has 0 spiro atoms. The maximum atomic E-state index is 3.91. The van der Waals surface area contributed by atoms with E-state index >= 15 is 0 Å². The first-order chi connectivity index (χ1) is 5.11. The van der Waals surface area contributed by atoms with Crippen LogP contribution >= 0.6 is 11.3 Å². The van der Waals surface area contributed by atoms with Crippen LogP contribution in [0.4, 0.5) is 0 Å². The number of thiophene rings is 1. The van der Waals surface area contributed by atoms with Crippen LogP contribution < -0.4 is 0 Å². The molecule has 0 aromatic carbocycles. The maximum Gasteiger partial charge on any atom is 0.0296 e. The largest absolute Gasteiger partial charge is 0.140 e. The highest BCUT2D eigenvalue weighted by Gasteiger charge is 2.03. The minimum absolute atomic E-state index is 0.646. The molecular formula is C10H14S. The Bertz CT molecular complexity index is 256. The lowest BCUT2D eigenvalue weighted by Gasteiger charge is -1.97. The molecule has 0 amide bonds. The van der Waals surface area contributed by atoms with Gasteiger partial charge in [-0.25, -0.2) is 0 Å². The van der Waals surface area contributed by atoms with Crippen molar-refractivity contribution in [2.75, 3.05) is 0 Å². The second-order valence-corrected chi connectivity index (χ2v) is 4.25. The summed E-state index contributed by atoms with van der Waals surface area (Å²) < 4.78 is 0. The summed E-state index contributed by atoms with van der Waals surface area (Å²) >= 11 is 1.85. The van der Waals surface area contributed by atoms with Gasteiger partial charge in [-0.2, -0.15) is 0 Å². The summed E-state index contributed by atoms with van der Waals surface area (Å²) in [6.07, 6.45) is 0. The van der Waals surface area contributed by atoms with Crippen LogP contribution in [0.3, 0.4) is 0 Å². The van der Waals surface area contributed by atoms with E-state index in [4.69, 9.17) is 0 Å². The molecule has 0 unspecified atom stereocenters. The van der Waals surface area contributed by atoms with E-state index in [2.05, 4.69) is 39.5 Å². The van der Waals surface area contributed by atoms with E-state index in [0.717, 1.165) is 0 Å². The van der Waals surface area contributed by atoms with Crippen molar-refractivity contribution in [2.24, 2.45) is 0 Å². The molecule has 1 aromatic heterocycles. The Labute approximate surface area is 72.6 Å². The summed E-state index contributed by atoms with van der Waals surface area (Å²) in [5.74, 6) is 0.646. The Morgan fingerprint density at radius 3 is 2.36 bits per heavy atom. The minimum atomic E-state index is 0.646. The highest BCUT2D eigenvalue weighted by molar-refractivity contribution is 7.13. The smallest absolute Gasteiger partial charge is 0.0296 e. The molecule has 60 valence electrons. The minimum Gasteiger partial charge on any atom is -0.140 e. The van der Waals surface area contributed by atoms with Crippen LogP contribution in [0, 0.1) is 0 Å². The molecule has 0 aliphatic heterocycles. The zero-order chi connectivity index (χ0) is 8.43.